The fourth-order valence-corrected chi connectivity index (χ4v) is 4.56. The molecule has 3 rings (SSSR count). The number of aryl methyl sites for hydroxylation is 1. The van der Waals surface area contributed by atoms with Gasteiger partial charge in [-0.15, -0.1) is 0 Å². The SMILES string of the molecule is Cc1c(S(N)(=O)=O)ccc(NC2CCC(C(F)(F)F)CC2)c1-c1cn(C)cn1. The smallest absolute Gasteiger partial charge is 0.382 e. The minimum absolute atomic E-state index is 0.000479. The number of hydrogen-bond acceptors (Lipinski definition) is 4. The molecule has 6 nitrogen and oxygen atoms in total. The summed E-state index contributed by atoms with van der Waals surface area (Å²) in [6.07, 6.45) is 0.127. The third-order valence-electron chi connectivity index (χ3n) is 5.23. The van der Waals surface area contributed by atoms with Crippen LogP contribution in [0.15, 0.2) is 29.6 Å². The van der Waals surface area contributed by atoms with Gasteiger partial charge in [0.15, 0.2) is 0 Å². The van der Waals surface area contributed by atoms with Crippen molar-refractivity contribution in [3.63, 3.8) is 0 Å². The molecule has 1 aromatic carbocycles. The van der Waals surface area contributed by atoms with Crippen molar-refractivity contribution in [1.82, 2.24) is 9.55 Å². The number of hydrogen-bond donors (Lipinski definition) is 2. The molecule has 0 atom stereocenters. The van der Waals surface area contributed by atoms with E-state index in [2.05, 4.69) is 10.3 Å². The van der Waals surface area contributed by atoms with Gasteiger partial charge in [-0.1, -0.05) is 0 Å². The summed E-state index contributed by atoms with van der Waals surface area (Å²) < 4.78 is 64.2. The highest BCUT2D eigenvalue weighted by Crippen LogP contribution is 2.40. The van der Waals surface area contributed by atoms with Gasteiger partial charge in [-0.3, -0.25) is 0 Å². The predicted octanol–water partition coefficient (Wildman–Crippen LogP) is 3.58. The molecule has 2 aromatic rings. The Balaban J connectivity index is 1.92. The molecule has 0 unspecified atom stereocenters. The number of nitrogens with two attached hydrogens (primary N) is 1. The Kier molecular flexibility index (Phi) is 5.46. The number of nitrogens with zero attached hydrogens (tertiary/aromatic N) is 2. The first-order chi connectivity index (χ1) is 13.0. The van der Waals surface area contributed by atoms with E-state index in [1.54, 1.807) is 37.1 Å². The van der Waals surface area contributed by atoms with Gasteiger partial charge in [0.25, 0.3) is 0 Å². The standard InChI is InChI=1S/C18H23F3N4O2S/c1-11-16(28(22,26)27)8-7-14(17(11)15-9-25(2)10-23-15)24-13-5-3-12(4-6-13)18(19,20)21/h7-10,12-13,24H,3-6H2,1-2H3,(H2,22,26,27). The molecule has 0 spiro atoms. The molecular weight excluding hydrogens is 393 g/mol. The lowest BCUT2D eigenvalue weighted by Crippen LogP contribution is -2.33. The van der Waals surface area contributed by atoms with Crippen LogP contribution in [0.25, 0.3) is 11.3 Å². The van der Waals surface area contributed by atoms with E-state index in [0.717, 1.165) is 0 Å². The number of primary sulfonamides is 1. The highest BCUT2D eigenvalue weighted by molar-refractivity contribution is 7.89. The fourth-order valence-electron chi connectivity index (χ4n) is 3.78. The van der Waals surface area contributed by atoms with Crippen LogP contribution in [-0.4, -0.2) is 30.2 Å². The number of halogens is 3. The first-order valence-electron chi connectivity index (χ1n) is 8.95. The van der Waals surface area contributed by atoms with Crippen LogP contribution in [0, 0.1) is 12.8 Å². The molecule has 1 aliphatic carbocycles. The summed E-state index contributed by atoms with van der Waals surface area (Å²) in [5.41, 5.74) is 2.25. The summed E-state index contributed by atoms with van der Waals surface area (Å²) >= 11 is 0. The minimum Gasteiger partial charge on any atom is -0.382 e. The lowest BCUT2D eigenvalue weighted by atomic mass is 9.85. The number of aromatic nitrogens is 2. The monoisotopic (exact) mass is 416 g/mol. The highest BCUT2D eigenvalue weighted by atomic mass is 32.2. The molecule has 10 heteroatoms. The van der Waals surface area contributed by atoms with E-state index in [1.807, 2.05) is 0 Å². The Labute approximate surface area is 162 Å². The van der Waals surface area contributed by atoms with E-state index in [0.29, 0.717) is 35.3 Å². The van der Waals surface area contributed by atoms with Gasteiger partial charge in [0.2, 0.25) is 10.0 Å². The summed E-state index contributed by atoms with van der Waals surface area (Å²) in [5, 5.41) is 8.62. The van der Waals surface area contributed by atoms with Crippen LogP contribution >= 0.6 is 0 Å². The maximum absolute atomic E-state index is 12.9. The molecule has 0 radical (unpaired) electrons. The molecule has 1 fully saturated rings. The Hall–Kier alpha value is -2.07. The molecule has 3 N–H and O–H groups in total. The van der Waals surface area contributed by atoms with Gasteiger partial charge in [0.1, 0.15) is 0 Å². The summed E-state index contributed by atoms with van der Waals surface area (Å²) in [7, 11) is -2.13. The number of rotatable bonds is 4. The van der Waals surface area contributed by atoms with Crippen molar-refractivity contribution in [2.45, 2.75) is 49.7 Å². The second-order valence-corrected chi connectivity index (χ2v) is 8.84. The van der Waals surface area contributed by atoms with Crippen molar-refractivity contribution in [3.8, 4) is 11.3 Å². The van der Waals surface area contributed by atoms with Gasteiger partial charge >= 0.3 is 6.18 Å². The Morgan fingerprint density at radius 2 is 1.86 bits per heavy atom. The second kappa shape index (κ2) is 7.40. The van der Waals surface area contributed by atoms with Crippen LogP contribution in [0.2, 0.25) is 0 Å². The van der Waals surface area contributed by atoms with E-state index in [9.17, 15) is 21.6 Å². The number of benzene rings is 1. The summed E-state index contributed by atoms with van der Waals surface area (Å²) in [5.74, 6) is -1.26. The molecule has 1 aromatic heterocycles. The molecule has 0 amide bonds. The molecule has 0 aliphatic heterocycles. The number of sulfonamides is 1. The van der Waals surface area contributed by atoms with Crippen molar-refractivity contribution in [2.24, 2.45) is 18.1 Å². The Morgan fingerprint density at radius 3 is 2.36 bits per heavy atom. The summed E-state index contributed by atoms with van der Waals surface area (Å²) in [4.78, 5) is 4.31. The zero-order valence-electron chi connectivity index (χ0n) is 15.6. The van der Waals surface area contributed by atoms with Gasteiger partial charge in [-0.05, 0) is 50.3 Å². The number of alkyl halides is 3. The van der Waals surface area contributed by atoms with E-state index in [-0.39, 0.29) is 23.8 Å². The molecule has 1 heterocycles. The maximum Gasteiger partial charge on any atom is 0.391 e. The van der Waals surface area contributed by atoms with Crippen molar-refractivity contribution in [1.29, 1.82) is 0 Å². The molecule has 1 saturated carbocycles. The third-order valence-corrected chi connectivity index (χ3v) is 6.29. The van der Waals surface area contributed by atoms with E-state index < -0.39 is 22.1 Å². The van der Waals surface area contributed by atoms with Gasteiger partial charge in [-0.25, -0.2) is 18.5 Å². The largest absolute Gasteiger partial charge is 0.391 e. The molecule has 28 heavy (non-hydrogen) atoms. The Morgan fingerprint density at radius 1 is 1.21 bits per heavy atom. The van der Waals surface area contributed by atoms with Gasteiger partial charge in [0.05, 0.1) is 22.8 Å². The maximum atomic E-state index is 12.9. The lowest BCUT2D eigenvalue weighted by molar-refractivity contribution is -0.182. The third kappa shape index (κ3) is 4.33. The van der Waals surface area contributed by atoms with Gasteiger partial charge < -0.3 is 9.88 Å². The second-order valence-electron chi connectivity index (χ2n) is 7.32. The van der Waals surface area contributed by atoms with Gasteiger partial charge in [-0.2, -0.15) is 13.2 Å². The molecular formula is C18H23F3N4O2S. The molecule has 0 saturated heterocycles. The lowest BCUT2D eigenvalue weighted by Gasteiger charge is -2.31. The van der Waals surface area contributed by atoms with Crippen LogP contribution < -0.4 is 10.5 Å². The van der Waals surface area contributed by atoms with Gasteiger partial charge in [0, 0.05) is 30.5 Å². The summed E-state index contributed by atoms with van der Waals surface area (Å²) in [6, 6.07) is 2.90. The van der Waals surface area contributed by atoms with Crippen molar-refractivity contribution >= 4 is 15.7 Å². The quantitative estimate of drug-likeness (QED) is 0.797. The average molecular weight is 416 g/mol. The zero-order valence-corrected chi connectivity index (χ0v) is 16.4. The van der Waals surface area contributed by atoms with Crippen LogP contribution in [0.1, 0.15) is 31.2 Å². The van der Waals surface area contributed by atoms with Crippen LogP contribution in [0.5, 0.6) is 0 Å². The van der Waals surface area contributed by atoms with Crippen molar-refractivity contribution < 1.29 is 21.6 Å². The molecule has 1 aliphatic rings. The van der Waals surface area contributed by atoms with Crippen molar-refractivity contribution in [2.75, 3.05) is 5.32 Å². The van der Waals surface area contributed by atoms with Crippen LogP contribution in [0.3, 0.4) is 0 Å². The summed E-state index contributed by atoms with van der Waals surface area (Å²) in [6.45, 7) is 1.65. The highest BCUT2D eigenvalue weighted by Gasteiger charge is 2.41. The average Bonchev–Trinajstić information content (AvgIpc) is 2.99. The number of anilines is 1. The minimum atomic E-state index is -4.15. The van der Waals surface area contributed by atoms with Crippen molar-refractivity contribution in [3.05, 3.63) is 30.2 Å². The zero-order chi connectivity index (χ0) is 20.7. The molecule has 0 bridgehead atoms. The van der Waals surface area contributed by atoms with Crippen LogP contribution in [-0.2, 0) is 17.1 Å². The Bertz CT molecular complexity index is 962. The predicted molar refractivity (Wildman–Crippen MR) is 100 cm³/mol. The molecule has 154 valence electrons. The first kappa shape index (κ1) is 20.7. The van der Waals surface area contributed by atoms with Crippen LogP contribution in [0.4, 0.5) is 18.9 Å². The van der Waals surface area contributed by atoms with E-state index >= 15 is 0 Å². The number of nitrogens with one attached hydrogen (secondary N) is 1. The fraction of sp³-hybridized carbons (Fsp3) is 0.500. The first-order valence-corrected chi connectivity index (χ1v) is 10.5. The number of imidazole rings is 1. The topological polar surface area (TPSA) is 90.0 Å². The normalized spacial score (nSPS) is 20.9. The van der Waals surface area contributed by atoms with E-state index in [4.69, 9.17) is 5.14 Å². The van der Waals surface area contributed by atoms with E-state index in [1.165, 1.54) is 6.07 Å².